The minimum absolute atomic E-state index is 0.000786. The summed E-state index contributed by atoms with van der Waals surface area (Å²) in [6.07, 6.45) is 2.36. The molecule has 3 aromatic rings. The third kappa shape index (κ3) is 5.43. The Kier molecular flexibility index (Phi) is 6.53. The summed E-state index contributed by atoms with van der Waals surface area (Å²) in [5.74, 6) is 0.221. The molecule has 1 aliphatic rings. The molecular weight excluding hydrogens is 437 g/mol. The van der Waals surface area contributed by atoms with E-state index < -0.39 is 12.8 Å². The molecule has 1 saturated carbocycles. The number of halogens is 3. The van der Waals surface area contributed by atoms with Crippen LogP contribution in [0.2, 0.25) is 0 Å². The second-order valence-corrected chi connectivity index (χ2v) is 8.56. The van der Waals surface area contributed by atoms with Crippen molar-refractivity contribution >= 4 is 16.9 Å². The van der Waals surface area contributed by atoms with Gasteiger partial charge in [-0.1, -0.05) is 0 Å². The molecule has 0 saturated heterocycles. The van der Waals surface area contributed by atoms with Gasteiger partial charge in [-0.2, -0.15) is 18.2 Å². The molecule has 0 N–H and O–H groups in total. The molecule has 33 heavy (non-hydrogen) atoms. The van der Waals surface area contributed by atoms with Gasteiger partial charge in [-0.25, -0.2) is 4.79 Å². The highest BCUT2D eigenvalue weighted by molar-refractivity contribution is 5.83. The number of hydrogen-bond acceptors (Lipinski definition) is 5. The van der Waals surface area contributed by atoms with Gasteiger partial charge in [0.05, 0.1) is 5.52 Å². The minimum Gasteiger partial charge on any atom is -0.468 e. The highest BCUT2D eigenvalue weighted by atomic mass is 19.4. The predicted octanol–water partition coefficient (Wildman–Crippen LogP) is 3.69. The number of ether oxygens (including phenoxy) is 1. The third-order valence-electron chi connectivity index (χ3n) is 6.22. The molecule has 0 aromatic carbocycles. The molecule has 176 valence electrons. The van der Waals surface area contributed by atoms with E-state index in [0.29, 0.717) is 24.1 Å². The number of hydrogen-bond donors (Lipinski definition) is 0. The topological polar surface area (TPSA) is 79.0 Å². The van der Waals surface area contributed by atoms with Crippen molar-refractivity contribution in [3.8, 4) is 5.88 Å². The van der Waals surface area contributed by atoms with Gasteiger partial charge in [0.1, 0.15) is 5.78 Å². The maximum Gasteiger partial charge on any atom is 0.422 e. The molecule has 0 bridgehead atoms. The number of Topliss-reactive ketones (excluding diaryl/α,β-unsaturated/α-hetero) is 1. The number of nitrogens with zero attached hydrogens (tertiary/aromatic N) is 4. The molecule has 4 rings (SSSR count). The van der Waals surface area contributed by atoms with Crippen molar-refractivity contribution in [1.82, 2.24) is 19.1 Å². The van der Waals surface area contributed by atoms with Gasteiger partial charge in [-0.3, -0.25) is 18.9 Å². The monoisotopic (exact) mass is 462 g/mol. The van der Waals surface area contributed by atoms with Crippen LogP contribution in [0, 0.1) is 11.8 Å². The number of aryl methyl sites for hydroxylation is 1. The van der Waals surface area contributed by atoms with Crippen LogP contribution in [0.3, 0.4) is 0 Å². The number of aromatic nitrogens is 4. The minimum atomic E-state index is -4.47. The first-order valence-corrected chi connectivity index (χ1v) is 10.9. The summed E-state index contributed by atoms with van der Waals surface area (Å²) >= 11 is 0. The van der Waals surface area contributed by atoms with Gasteiger partial charge in [0.15, 0.2) is 12.3 Å². The Labute approximate surface area is 188 Å². The smallest absolute Gasteiger partial charge is 0.422 e. The summed E-state index contributed by atoms with van der Waals surface area (Å²) in [5.41, 5.74) is 1.51. The first-order chi connectivity index (χ1) is 15.7. The lowest BCUT2D eigenvalue weighted by Gasteiger charge is -2.27. The molecular formula is C23H25F3N4O3. The van der Waals surface area contributed by atoms with Crippen molar-refractivity contribution in [2.24, 2.45) is 18.9 Å². The van der Waals surface area contributed by atoms with Crippen LogP contribution < -0.4 is 10.4 Å². The molecule has 3 heterocycles. The fourth-order valence-corrected chi connectivity index (χ4v) is 4.43. The number of rotatable bonds is 7. The van der Waals surface area contributed by atoms with Crippen molar-refractivity contribution in [2.45, 2.75) is 44.8 Å². The largest absolute Gasteiger partial charge is 0.468 e. The van der Waals surface area contributed by atoms with E-state index >= 15 is 0 Å². The lowest BCUT2D eigenvalue weighted by atomic mass is 9.79. The maximum absolute atomic E-state index is 12.8. The second-order valence-electron chi connectivity index (χ2n) is 8.56. The van der Waals surface area contributed by atoms with Gasteiger partial charge in [0, 0.05) is 44.4 Å². The molecule has 0 unspecified atom stereocenters. The number of pyridine rings is 2. The Bertz CT molecular complexity index is 1180. The normalized spacial score (nSPS) is 19.0. The highest BCUT2D eigenvalue weighted by Crippen LogP contribution is 2.31. The van der Waals surface area contributed by atoms with E-state index in [-0.39, 0.29) is 29.2 Å². The zero-order valence-electron chi connectivity index (χ0n) is 18.2. The standard InChI is InChI=1S/C23H25F3N4O3/c1-29-18-6-7-20(33-14-23(24,25)26)28-21(18)30(22(29)32)13-16-2-4-17(5-3-16)19(31)12-15-8-10-27-11-9-15/h6-11,16-17H,2-5,12-14H2,1H3. The van der Waals surface area contributed by atoms with E-state index in [1.54, 1.807) is 25.5 Å². The van der Waals surface area contributed by atoms with Gasteiger partial charge < -0.3 is 4.74 Å². The van der Waals surface area contributed by atoms with Gasteiger partial charge in [-0.15, -0.1) is 0 Å². The number of alkyl halides is 3. The molecule has 1 aliphatic carbocycles. The van der Waals surface area contributed by atoms with E-state index in [1.807, 2.05) is 12.1 Å². The number of carbonyl (C=O) groups excluding carboxylic acids is 1. The fraction of sp³-hybridized carbons (Fsp3) is 0.478. The molecule has 0 radical (unpaired) electrons. The Morgan fingerprint density at radius 3 is 2.48 bits per heavy atom. The predicted molar refractivity (Wildman–Crippen MR) is 115 cm³/mol. The van der Waals surface area contributed by atoms with Crippen LogP contribution in [0.4, 0.5) is 13.2 Å². The highest BCUT2D eigenvalue weighted by Gasteiger charge is 2.29. The van der Waals surface area contributed by atoms with Gasteiger partial charge >= 0.3 is 11.9 Å². The van der Waals surface area contributed by atoms with Gasteiger partial charge in [0.2, 0.25) is 5.88 Å². The molecule has 7 nitrogen and oxygen atoms in total. The van der Waals surface area contributed by atoms with Crippen LogP contribution in [0.25, 0.3) is 11.2 Å². The number of imidazole rings is 1. The van der Waals surface area contributed by atoms with Crippen molar-refractivity contribution in [3.63, 3.8) is 0 Å². The maximum atomic E-state index is 12.8. The summed E-state index contributed by atoms with van der Waals surface area (Å²) in [7, 11) is 1.60. The number of ketones is 1. The Morgan fingerprint density at radius 2 is 1.82 bits per heavy atom. The zero-order valence-corrected chi connectivity index (χ0v) is 18.2. The molecule has 0 spiro atoms. The number of fused-ring (bicyclic) bond motifs is 1. The van der Waals surface area contributed by atoms with Crippen molar-refractivity contribution in [1.29, 1.82) is 0 Å². The van der Waals surface area contributed by atoms with Gasteiger partial charge in [-0.05, 0) is 55.4 Å². The van der Waals surface area contributed by atoms with E-state index in [4.69, 9.17) is 4.74 Å². The molecule has 0 atom stereocenters. The summed E-state index contributed by atoms with van der Waals surface area (Å²) in [4.78, 5) is 33.6. The Hall–Kier alpha value is -3.17. The first-order valence-electron chi connectivity index (χ1n) is 10.9. The second kappa shape index (κ2) is 9.36. The van der Waals surface area contributed by atoms with Crippen molar-refractivity contribution in [2.75, 3.05) is 6.61 Å². The Balaban J connectivity index is 1.43. The summed E-state index contributed by atoms with van der Waals surface area (Å²) < 4.78 is 45.1. The summed E-state index contributed by atoms with van der Waals surface area (Å²) in [6, 6.07) is 6.56. The summed E-state index contributed by atoms with van der Waals surface area (Å²) in [6.45, 7) is -1.04. The van der Waals surface area contributed by atoms with E-state index in [0.717, 1.165) is 31.2 Å². The molecule has 3 aromatic heterocycles. The lowest BCUT2D eigenvalue weighted by Crippen LogP contribution is -2.29. The average Bonchev–Trinajstić information content (AvgIpc) is 3.03. The van der Waals surface area contributed by atoms with Crippen molar-refractivity contribution < 1.29 is 22.7 Å². The zero-order chi connectivity index (χ0) is 23.6. The summed E-state index contributed by atoms with van der Waals surface area (Å²) in [5, 5.41) is 0. The molecule has 1 fully saturated rings. The van der Waals surface area contributed by atoms with Crippen LogP contribution in [0.15, 0.2) is 41.5 Å². The van der Waals surface area contributed by atoms with Crippen LogP contribution in [-0.4, -0.2) is 37.7 Å². The fourth-order valence-electron chi connectivity index (χ4n) is 4.43. The molecule has 0 amide bonds. The third-order valence-corrected chi connectivity index (χ3v) is 6.22. The SMILES string of the molecule is Cn1c(=O)n(CC2CCC(C(=O)Cc3ccncc3)CC2)c2nc(OCC(F)(F)F)ccc21. The van der Waals surface area contributed by atoms with E-state index in [1.165, 1.54) is 15.2 Å². The number of carbonyl (C=O) groups is 1. The lowest BCUT2D eigenvalue weighted by molar-refractivity contribution is -0.154. The van der Waals surface area contributed by atoms with Crippen LogP contribution in [0.1, 0.15) is 31.2 Å². The van der Waals surface area contributed by atoms with Crippen LogP contribution >= 0.6 is 0 Å². The van der Waals surface area contributed by atoms with Crippen molar-refractivity contribution in [3.05, 3.63) is 52.7 Å². The van der Waals surface area contributed by atoms with E-state index in [9.17, 15) is 22.8 Å². The van der Waals surface area contributed by atoms with E-state index in [2.05, 4.69) is 9.97 Å². The molecule has 0 aliphatic heterocycles. The first kappa shape index (κ1) is 23.0. The van der Waals surface area contributed by atoms with Crippen LogP contribution in [-0.2, 0) is 24.8 Å². The quantitative estimate of drug-likeness (QED) is 0.535. The van der Waals surface area contributed by atoms with Gasteiger partial charge in [0.25, 0.3) is 0 Å². The Morgan fingerprint density at radius 1 is 1.12 bits per heavy atom. The molecule has 10 heteroatoms. The van der Waals surface area contributed by atoms with Crippen LogP contribution in [0.5, 0.6) is 5.88 Å². The average molecular weight is 462 g/mol.